The van der Waals surface area contributed by atoms with Gasteiger partial charge >= 0.3 is 5.76 Å². The minimum Gasteiger partial charge on any atom is -0.322 e. The van der Waals surface area contributed by atoms with Gasteiger partial charge in [-0.3, -0.25) is 14.3 Å². The van der Waals surface area contributed by atoms with E-state index in [0.717, 1.165) is 16.8 Å². The van der Waals surface area contributed by atoms with E-state index in [1.54, 1.807) is 35.1 Å². The minimum atomic E-state index is -0.643. The first-order valence-corrected chi connectivity index (χ1v) is 10.3. The summed E-state index contributed by atoms with van der Waals surface area (Å²) in [5.74, 6) is -0.663. The molecule has 2 N–H and O–H groups in total. The Hall–Kier alpha value is -4.72. The molecule has 0 aliphatic heterocycles. The zero-order chi connectivity index (χ0) is 22.8. The molecule has 33 heavy (non-hydrogen) atoms. The van der Waals surface area contributed by atoms with Crippen molar-refractivity contribution in [3.8, 4) is 28.3 Å². The molecule has 0 spiro atoms. The summed E-state index contributed by atoms with van der Waals surface area (Å²) >= 11 is 0. The number of anilines is 1. The van der Waals surface area contributed by atoms with Crippen molar-refractivity contribution in [3.05, 3.63) is 107 Å². The van der Waals surface area contributed by atoms with Crippen LogP contribution in [0, 0.1) is 6.92 Å². The van der Waals surface area contributed by atoms with Gasteiger partial charge in [0.1, 0.15) is 5.69 Å². The lowest BCUT2D eigenvalue weighted by molar-refractivity contribution is 0.102. The molecular weight excluding hydrogens is 418 g/mol. The lowest BCUT2D eigenvalue weighted by atomic mass is 10.1. The molecule has 5 aromatic rings. The predicted octanol–water partition coefficient (Wildman–Crippen LogP) is 4.44. The third kappa shape index (κ3) is 4.22. The van der Waals surface area contributed by atoms with E-state index >= 15 is 0 Å². The number of benzene rings is 3. The number of hydrogen-bond donors (Lipinski definition) is 2. The molecule has 0 unspecified atom stereocenters. The smallest absolute Gasteiger partial charge is 0.322 e. The van der Waals surface area contributed by atoms with Crippen LogP contribution < -0.4 is 11.1 Å². The number of rotatable bonds is 5. The monoisotopic (exact) mass is 437 g/mol. The molecule has 8 nitrogen and oxygen atoms in total. The van der Waals surface area contributed by atoms with Crippen LogP contribution >= 0.6 is 0 Å². The maximum atomic E-state index is 13.3. The van der Waals surface area contributed by atoms with Gasteiger partial charge in [-0.25, -0.2) is 9.48 Å². The first-order chi connectivity index (χ1) is 16.1. The van der Waals surface area contributed by atoms with Crippen molar-refractivity contribution >= 4 is 11.6 Å². The highest BCUT2D eigenvalue weighted by Gasteiger charge is 2.19. The molecule has 0 aliphatic rings. The number of para-hydroxylation sites is 1. The Kier molecular flexibility index (Phi) is 5.16. The maximum Gasteiger partial charge on any atom is 0.439 e. The summed E-state index contributed by atoms with van der Waals surface area (Å²) in [5.41, 5.74) is 4.94. The molecule has 0 bridgehead atoms. The van der Waals surface area contributed by atoms with Crippen molar-refractivity contribution in [1.29, 1.82) is 0 Å². The Bertz CT molecular complexity index is 1500. The van der Waals surface area contributed by atoms with Gasteiger partial charge in [0.15, 0.2) is 5.82 Å². The van der Waals surface area contributed by atoms with E-state index in [1.165, 1.54) is 0 Å². The fourth-order valence-corrected chi connectivity index (χ4v) is 3.56. The Morgan fingerprint density at radius 2 is 1.76 bits per heavy atom. The number of hydrogen-bond acceptors (Lipinski definition) is 5. The zero-order valence-electron chi connectivity index (χ0n) is 17.6. The topological polar surface area (TPSA) is 106 Å². The molecule has 8 heteroatoms. The second-order valence-electron chi connectivity index (χ2n) is 7.52. The summed E-state index contributed by atoms with van der Waals surface area (Å²) in [6.45, 7) is 2.00. The minimum absolute atomic E-state index is 0.286. The highest BCUT2D eigenvalue weighted by Crippen LogP contribution is 2.26. The van der Waals surface area contributed by atoms with Crippen molar-refractivity contribution < 1.29 is 9.32 Å². The number of nitrogens with zero attached hydrogens (tertiary/aromatic N) is 3. The average Bonchev–Trinajstić information content (AvgIpc) is 3.47. The molecule has 0 radical (unpaired) electrons. The van der Waals surface area contributed by atoms with Crippen LogP contribution in [0.4, 0.5) is 5.69 Å². The molecule has 1 amide bonds. The summed E-state index contributed by atoms with van der Waals surface area (Å²) in [4.78, 5) is 27.1. The van der Waals surface area contributed by atoms with Crippen molar-refractivity contribution in [3.63, 3.8) is 0 Å². The van der Waals surface area contributed by atoms with E-state index in [0.29, 0.717) is 22.5 Å². The van der Waals surface area contributed by atoms with Crippen LogP contribution in [0.5, 0.6) is 0 Å². The maximum absolute atomic E-state index is 13.3. The van der Waals surface area contributed by atoms with Gasteiger partial charge in [-0.05, 0) is 37.3 Å². The lowest BCUT2D eigenvalue weighted by Crippen LogP contribution is -2.12. The van der Waals surface area contributed by atoms with E-state index in [9.17, 15) is 9.59 Å². The summed E-state index contributed by atoms with van der Waals surface area (Å²) in [6, 6.07) is 24.5. The van der Waals surface area contributed by atoms with Gasteiger partial charge in [0.2, 0.25) is 0 Å². The van der Waals surface area contributed by atoms with Crippen LogP contribution in [0.25, 0.3) is 28.3 Å². The Labute approximate surface area is 188 Å². The Morgan fingerprint density at radius 3 is 2.52 bits per heavy atom. The van der Waals surface area contributed by atoms with E-state index in [1.807, 2.05) is 61.5 Å². The number of aromatic nitrogens is 4. The van der Waals surface area contributed by atoms with Crippen LogP contribution in [-0.2, 0) is 0 Å². The van der Waals surface area contributed by atoms with E-state index in [4.69, 9.17) is 5.10 Å². The largest absolute Gasteiger partial charge is 0.439 e. The number of nitrogens with one attached hydrogen (secondary N) is 2. The van der Waals surface area contributed by atoms with Crippen LogP contribution in [0.2, 0.25) is 0 Å². The van der Waals surface area contributed by atoms with Crippen molar-refractivity contribution in [2.75, 3.05) is 5.32 Å². The van der Waals surface area contributed by atoms with Crippen LogP contribution in [-0.4, -0.2) is 25.8 Å². The average molecular weight is 437 g/mol. The first-order valence-electron chi connectivity index (χ1n) is 10.3. The van der Waals surface area contributed by atoms with Gasteiger partial charge in [-0.15, -0.1) is 0 Å². The molecule has 0 saturated carbocycles. The van der Waals surface area contributed by atoms with Gasteiger partial charge in [-0.1, -0.05) is 59.3 Å². The summed E-state index contributed by atoms with van der Waals surface area (Å²) < 4.78 is 6.27. The number of aromatic amines is 1. The second-order valence-corrected chi connectivity index (χ2v) is 7.52. The third-order valence-electron chi connectivity index (χ3n) is 5.11. The summed E-state index contributed by atoms with van der Waals surface area (Å²) in [7, 11) is 0. The van der Waals surface area contributed by atoms with Crippen LogP contribution in [0.15, 0.2) is 94.4 Å². The molecule has 5 rings (SSSR count). The fraction of sp³-hybridized carbons (Fsp3) is 0.0400. The molecule has 0 fully saturated rings. The van der Waals surface area contributed by atoms with Gasteiger partial charge in [0, 0.05) is 23.0 Å². The molecule has 3 aromatic carbocycles. The van der Waals surface area contributed by atoms with Gasteiger partial charge in [0.25, 0.3) is 5.91 Å². The van der Waals surface area contributed by atoms with Crippen molar-refractivity contribution in [2.24, 2.45) is 0 Å². The quantitative estimate of drug-likeness (QED) is 0.423. The fourth-order valence-electron chi connectivity index (χ4n) is 3.56. The summed E-state index contributed by atoms with van der Waals surface area (Å²) in [5, 5.41) is 11.3. The standard InChI is InChI=1S/C25H19N5O3/c1-16-7-5-8-17(13-16)22-21(15-30(28-22)20-11-3-2-4-12-20)24(31)26-19-10-6-9-18(14-19)23-27-25(32)33-29-23/h2-15H,1H3,(H,26,31)(H,27,29,32). The molecule has 2 heterocycles. The van der Waals surface area contributed by atoms with Gasteiger partial charge < -0.3 is 5.32 Å². The highest BCUT2D eigenvalue weighted by atomic mass is 16.5. The number of amides is 1. The van der Waals surface area contributed by atoms with Crippen molar-refractivity contribution in [2.45, 2.75) is 6.92 Å². The number of carbonyl (C=O) groups is 1. The van der Waals surface area contributed by atoms with Crippen LogP contribution in [0.3, 0.4) is 0 Å². The number of aryl methyl sites for hydroxylation is 1. The lowest BCUT2D eigenvalue weighted by Gasteiger charge is -2.07. The molecule has 162 valence electrons. The Morgan fingerprint density at radius 1 is 0.970 bits per heavy atom. The van der Waals surface area contributed by atoms with E-state index < -0.39 is 5.76 Å². The highest BCUT2D eigenvalue weighted by molar-refractivity contribution is 6.08. The number of carbonyl (C=O) groups excluding carboxylic acids is 1. The SMILES string of the molecule is Cc1cccc(-c2nn(-c3ccccc3)cc2C(=O)Nc2cccc(-c3noc(=O)[nH]3)c2)c1. The number of H-pyrrole nitrogens is 1. The third-order valence-corrected chi connectivity index (χ3v) is 5.11. The van der Waals surface area contributed by atoms with E-state index in [2.05, 4.69) is 20.0 Å². The van der Waals surface area contributed by atoms with Gasteiger partial charge in [0.05, 0.1) is 11.3 Å². The first kappa shape index (κ1) is 20.2. The van der Waals surface area contributed by atoms with Gasteiger partial charge in [-0.2, -0.15) is 5.10 Å². The Balaban J connectivity index is 1.52. The molecular formula is C25H19N5O3. The summed E-state index contributed by atoms with van der Waals surface area (Å²) in [6.07, 6.45) is 1.72. The van der Waals surface area contributed by atoms with Crippen LogP contribution in [0.1, 0.15) is 15.9 Å². The second kappa shape index (κ2) is 8.43. The molecule has 0 atom stereocenters. The molecule has 0 saturated heterocycles. The van der Waals surface area contributed by atoms with Crippen molar-refractivity contribution in [1.82, 2.24) is 19.9 Å². The van der Waals surface area contributed by atoms with E-state index in [-0.39, 0.29) is 11.7 Å². The predicted molar refractivity (Wildman–Crippen MR) is 124 cm³/mol. The molecule has 2 aromatic heterocycles. The normalized spacial score (nSPS) is 10.8. The zero-order valence-corrected chi connectivity index (χ0v) is 17.6. The molecule has 0 aliphatic carbocycles.